The number of aryl methyl sites for hydroxylation is 1. The fraction of sp³-hybridized carbons (Fsp3) is 0.316. The number of nitrogens with zero attached hydrogens (tertiary/aromatic N) is 1. The fourth-order valence-corrected chi connectivity index (χ4v) is 3.12. The number of likely N-dealkylation sites (tertiary alicyclic amines) is 1. The molecule has 1 aliphatic rings. The molecule has 0 radical (unpaired) electrons. The van der Waals surface area contributed by atoms with Crippen molar-refractivity contribution in [2.24, 2.45) is 0 Å². The summed E-state index contributed by atoms with van der Waals surface area (Å²) in [5.41, 5.74) is 1.50. The highest BCUT2D eigenvalue weighted by molar-refractivity contribution is 6.04. The van der Waals surface area contributed by atoms with E-state index in [1.165, 1.54) is 11.2 Å². The molecular weight excluding hydrogens is 336 g/mol. The zero-order valence-corrected chi connectivity index (χ0v) is 14.4. The summed E-state index contributed by atoms with van der Waals surface area (Å²) in [6.45, 7) is 2.18. The lowest BCUT2D eigenvalue weighted by atomic mass is 10.0. The summed E-state index contributed by atoms with van der Waals surface area (Å²) >= 11 is 0. The van der Waals surface area contributed by atoms with Gasteiger partial charge in [0.15, 0.2) is 5.76 Å². The number of rotatable bonds is 4. The number of aliphatic carboxylic acids is 1. The molecule has 7 nitrogen and oxygen atoms in total. The van der Waals surface area contributed by atoms with E-state index in [4.69, 9.17) is 4.42 Å². The van der Waals surface area contributed by atoms with Crippen molar-refractivity contribution in [1.29, 1.82) is 0 Å². The van der Waals surface area contributed by atoms with Crippen LogP contribution < -0.4 is 5.32 Å². The summed E-state index contributed by atoms with van der Waals surface area (Å²) < 4.78 is 5.16. The molecule has 2 N–H and O–H groups in total. The average Bonchev–Trinajstić information content (AvgIpc) is 3.07. The summed E-state index contributed by atoms with van der Waals surface area (Å²) in [4.78, 5) is 37.8. The van der Waals surface area contributed by atoms with E-state index >= 15 is 0 Å². The Morgan fingerprint density at radius 2 is 2.04 bits per heavy atom. The number of carboxylic acid groups (broad SMARTS) is 1. The van der Waals surface area contributed by atoms with Crippen LogP contribution in [-0.4, -0.2) is 40.4 Å². The maximum absolute atomic E-state index is 12.8. The van der Waals surface area contributed by atoms with E-state index in [2.05, 4.69) is 5.32 Å². The predicted octanol–water partition coefficient (Wildman–Crippen LogP) is 2.92. The smallest absolute Gasteiger partial charge is 0.326 e. The first-order valence-electron chi connectivity index (χ1n) is 8.46. The van der Waals surface area contributed by atoms with Gasteiger partial charge >= 0.3 is 5.97 Å². The number of carbonyl (C=O) groups excluding carboxylic acids is 2. The van der Waals surface area contributed by atoms with Crippen molar-refractivity contribution in [3.63, 3.8) is 0 Å². The van der Waals surface area contributed by atoms with Crippen molar-refractivity contribution < 1.29 is 23.9 Å². The molecule has 1 unspecified atom stereocenters. The summed E-state index contributed by atoms with van der Waals surface area (Å²) in [6, 6.07) is 7.36. The Kier molecular flexibility index (Phi) is 5.06. The van der Waals surface area contributed by atoms with Gasteiger partial charge in [-0.25, -0.2) is 4.79 Å². The Hall–Kier alpha value is -3.09. The Labute approximate surface area is 150 Å². The van der Waals surface area contributed by atoms with E-state index in [1.54, 1.807) is 37.3 Å². The number of hydrogen-bond acceptors (Lipinski definition) is 4. The van der Waals surface area contributed by atoms with Gasteiger partial charge in [0.1, 0.15) is 6.04 Å². The minimum Gasteiger partial charge on any atom is -0.480 e. The molecule has 1 atom stereocenters. The van der Waals surface area contributed by atoms with Gasteiger partial charge in [0.25, 0.3) is 11.8 Å². The molecule has 26 heavy (non-hydrogen) atoms. The first kappa shape index (κ1) is 17.7. The lowest BCUT2D eigenvalue weighted by Crippen LogP contribution is -2.48. The van der Waals surface area contributed by atoms with Crippen LogP contribution in [0.4, 0.5) is 5.69 Å². The third-order valence-corrected chi connectivity index (χ3v) is 4.48. The van der Waals surface area contributed by atoms with E-state index in [1.807, 2.05) is 0 Å². The van der Waals surface area contributed by atoms with Gasteiger partial charge < -0.3 is 19.7 Å². The highest BCUT2D eigenvalue weighted by Crippen LogP contribution is 2.22. The van der Waals surface area contributed by atoms with Crippen molar-refractivity contribution in [1.82, 2.24) is 4.90 Å². The zero-order valence-electron chi connectivity index (χ0n) is 14.4. The average molecular weight is 356 g/mol. The molecule has 2 aromatic rings. The molecule has 1 aromatic carbocycles. The topological polar surface area (TPSA) is 99.9 Å². The van der Waals surface area contributed by atoms with Crippen molar-refractivity contribution >= 4 is 23.5 Å². The minimum atomic E-state index is -0.990. The van der Waals surface area contributed by atoms with Gasteiger partial charge in [-0.3, -0.25) is 9.59 Å². The van der Waals surface area contributed by atoms with Crippen LogP contribution in [0, 0.1) is 6.92 Å². The molecule has 7 heteroatoms. The lowest BCUT2D eigenvalue weighted by molar-refractivity contribution is -0.143. The number of furan rings is 1. The van der Waals surface area contributed by atoms with Crippen LogP contribution in [0.2, 0.25) is 0 Å². The van der Waals surface area contributed by atoms with Gasteiger partial charge in [-0.05, 0) is 50.5 Å². The Morgan fingerprint density at radius 3 is 2.73 bits per heavy atom. The van der Waals surface area contributed by atoms with Crippen LogP contribution in [0.3, 0.4) is 0 Å². The van der Waals surface area contributed by atoms with Gasteiger partial charge in [-0.2, -0.15) is 0 Å². The number of hydrogen-bond donors (Lipinski definition) is 2. The molecule has 0 aliphatic carbocycles. The molecule has 1 fully saturated rings. The predicted molar refractivity (Wildman–Crippen MR) is 94.2 cm³/mol. The molecule has 1 saturated heterocycles. The number of piperidine rings is 1. The van der Waals surface area contributed by atoms with Gasteiger partial charge in [-0.15, -0.1) is 0 Å². The van der Waals surface area contributed by atoms with Crippen LogP contribution in [0.15, 0.2) is 41.0 Å². The molecule has 2 amide bonds. The van der Waals surface area contributed by atoms with Crippen molar-refractivity contribution in [3.05, 3.63) is 53.5 Å². The molecule has 0 spiro atoms. The van der Waals surface area contributed by atoms with Gasteiger partial charge in [0.2, 0.25) is 0 Å². The Balaban J connectivity index is 1.78. The van der Waals surface area contributed by atoms with Crippen LogP contribution in [0.1, 0.15) is 45.7 Å². The normalized spacial score (nSPS) is 17.0. The van der Waals surface area contributed by atoms with E-state index in [0.717, 1.165) is 12.8 Å². The summed E-state index contributed by atoms with van der Waals surface area (Å²) in [5.74, 6) is -1.53. The second-order valence-electron chi connectivity index (χ2n) is 6.32. The number of benzene rings is 1. The molecule has 0 saturated carbocycles. The molecule has 1 aromatic heterocycles. The standard InChI is InChI=1S/C19H20N2O5/c1-12-8-10-26-16(12)17(22)20-14-6-4-5-13(11-14)18(23)21-9-3-2-7-15(21)19(24)25/h4-6,8,10-11,15H,2-3,7,9H2,1H3,(H,20,22)(H,24,25). The second-order valence-corrected chi connectivity index (χ2v) is 6.32. The number of nitrogens with one attached hydrogen (secondary N) is 1. The molecule has 1 aliphatic heterocycles. The maximum Gasteiger partial charge on any atom is 0.326 e. The summed E-state index contributed by atoms with van der Waals surface area (Å²) in [6.07, 6.45) is 3.46. The van der Waals surface area contributed by atoms with Gasteiger partial charge in [-0.1, -0.05) is 6.07 Å². The maximum atomic E-state index is 12.8. The highest BCUT2D eigenvalue weighted by atomic mass is 16.4. The third-order valence-electron chi connectivity index (χ3n) is 4.48. The molecule has 2 heterocycles. The quantitative estimate of drug-likeness (QED) is 0.877. The zero-order chi connectivity index (χ0) is 18.7. The van der Waals surface area contributed by atoms with E-state index in [-0.39, 0.29) is 11.7 Å². The van der Waals surface area contributed by atoms with Crippen LogP contribution in [0.25, 0.3) is 0 Å². The SMILES string of the molecule is Cc1ccoc1C(=O)Nc1cccc(C(=O)N2CCCCC2C(=O)O)c1. The van der Waals surface area contributed by atoms with Gasteiger partial charge in [0.05, 0.1) is 6.26 Å². The molecular formula is C19H20N2O5. The highest BCUT2D eigenvalue weighted by Gasteiger charge is 2.32. The van der Waals surface area contributed by atoms with E-state index in [9.17, 15) is 19.5 Å². The Bertz CT molecular complexity index is 842. The van der Waals surface area contributed by atoms with Gasteiger partial charge in [0, 0.05) is 23.4 Å². The summed E-state index contributed by atoms with van der Waals surface area (Å²) in [7, 11) is 0. The summed E-state index contributed by atoms with van der Waals surface area (Å²) in [5, 5.41) is 12.0. The van der Waals surface area contributed by atoms with Crippen molar-refractivity contribution in [3.8, 4) is 0 Å². The first-order chi connectivity index (χ1) is 12.5. The van der Waals surface area contributed by atoms with Crippen LogP contribution >= 0.6 is 0 Å². The van der Waals surface area contributed by atoms with Crippen LogP contribution in [0.5, 0.6) is 0 Å². The fourth-order valence-electron chi connectivity index (χ4n) is 3.12. The van der Waals surface area contributed by atoms with E-state index < -0.39 is 17.9 Å². The minimum absolute atomic E-state index is 0.212. The number of amides is 2. The number of anilines is 1. The number of carboxylic acids is 1. The lowest BCUT2D eigenvalue weighted by Gasteiger charge is -2.33. The first-order valence-corrected chi connectivity index (χ1v) is 8.46. The molecule has 136 valence electrons. The molecule has 0 bridgehead atoms. The Morgan fingerprint density at radius 1 is 1.23 bits per heavy atom. The third kappa shape index (κ3) is 3.61. The molecule has 3 rings (SSSR count). The van der Waals surface area contributed by atoms with Crippen molar-refractivity contribution in [2.75, 3.05) is 11.9 Å². The van der Waals surface area contributed by atoms with Crippen LogP contribution in [-0.2, 0) is 4.79 Å². The number of carbonyl (C=O) groups is 3. The monoisotopic (exact) mass is 356 g/mol. The van der Waals surface area contributed by atoms with Crippen molar-refractivity contribution in [2.45, 2.75) is 32.2 Å². The second kappa shape index (κ2) is 7.43. The largest absolute Gasteiger partial charge is 0.480 e. The van der Waals surface area contributed by atoms with E-state index in [0.29, 0.717) is 29.8 Å².